The maximum Gasteiger partial charge on any atom is 0.253 e. The van der Waals surface area contributed by atoms with E-state index in [1.165, 1.54) is 0 Å². The zero-order valence-corrected chi connectivity index (χ0v) is 11.3. The van der Waals surface area contributed by atoms with E-state index < -0.39 is 0 Å². The van der Waals surface area contributed by atoms with Crippen LogP contribution in [-0.2, 0) is 4.74 Å². The van der Waals surface area contributed by atoms with Gasteiger partial charge in [-0.15, -0.1) is 0 Å². The van der Waals surface area contributed by atoms with Gasteiger partial charge >= 0.3 is 0 Å². The van der Waals surface area contributed by atoms with Gasteiger partial charge in [-0.3, -0.25) is 4.79 Å². The van der Waals surface area contributed by atoms with Gasteiger partial charge in [-0.05, 0) is 25.8 Å². The molecule has 0 aromatic heterocycles. The van der Waals surface area contributed by atoms with Crippen LogP contribution in [0.5, 0.6) is 11.5 Å². The van der Waals surface area contributed by atoms with Gasteiger partial charge in [0.2, 0.25) is 6.79 Å². The lowest BCUT2D eigenvalue weighted by Crippen LogP contribution is -2.47. The Morgan fingerprint density at radius 2 is 2.10 bits per heavy atom. The topological polar surface area (TPSA) is 82.8 Å². The van der Waals surface area contributed by atoms with Crippen molar-refractivity contribution in [3.05, 3.63) is 17.7 Å². The molecule has 3 N–H and O–H groups in total. The first-order valence-electron chi connectivity index (χ1n) is 6.79. The number of amides is 1. The predicted octanol–water partition coefficient (Wildman–Crippen LogP) is 1.29. The highest BCUT2D eigenvalue weighted by molar-refractivity contribution is 6.00. The maximum absolute atomic E-state index is 12.2. The number of rotatable bonds is 4. The zero-order valence-electron chi connectivity index (χ0n) is 11.3. The SMILES string of the molecule is CCOC1CC(NC(=O)c2cc3c(cc2N)OCO3)C1. The molecular weight excluding hydrogens is 260 g/mol. The van der Waals surface area contributed by atoms with E-state index in [0.29, 0.717) is 29.4 Å². The molecule has 6 heteroatoms. The average molecular weight is 278 g/mol. The van der Waals surface area contributed by atoms with E-state index in [9.17, 15) is 4.79 Å². The molecule has 3 rings (SSSR count). The summed E-state index contributed by atoms with van der Waals surface area (Å²) in [6.07, 6.45) is 1.97. The van der Waals surface area contributed by atoms with Crippen molar-refractivity contribution >= 4 is 11.6 Å². The van der Waals surface area contributed by atoms with Gasteiger partial charge in [0.25, 0.3) is 5.91 Å². The minimum absolute atomic E-state index is 0.156. The zero-order chi connectivity index (χ0) is 14.1. The monoisotopic (exact) mass is 278 g/mol. The summed E-state index contributed by atoms with van der Waals surface area (Å²) in [5.74, 6) is 0.963. The number of carbonyl (C=O) groups is 1. The molecule has 0 spiro atoms. The summed E-state index contributed by atoms with van der Waals surface area (Å²) in [6.45, 7) is 2.85. The minimum Gasteiger partial charge on any atom is -0.454 e. The average Bonchev–Trinajstić information content (AvgIpc) is 2.82. The number of nitrogen functional groups attached to an aromatic ring is 1. The second-order valence-electron chi connectivity index (χ2n) is 5.01. The van der Waals surface area contributed by atoms with E-state index in [1.54, 1.807) is 12.1 Å². The Morgan fingerprint density at radius 3 is 2.80 bits per heavy atom. The molecule has 2 aliphatic rings. The van der Waals surface area contributed by atoms with Crippen LogP contribution >= 0.6 is 0 Å². The van der Waals surface area contributed by atoms with Crippen LogP contribution in [0.1, 0.15) is 30.1 Å². The Labute approximate surface area is 117 Å². The molecule has 1 aliphatic heterocycles. The second-order valence-corrected chi connectivity index (χ2v) is 5.01. The first kappa shape index (κ1) is 13.1. The van der Waals surface area contributed by atoms with Crippen molar-refractivity contribution in [1.29, 1.82) is 0 Å². The smallest absolute Gasteiger partial charge is 0.253 e. The number of ether oxygens (including phenoxy) is 3. The summed E-state index contributed by atoms with van der Waals surface area (Å²) in [5, 5.41) is 2.96. The number of nitrogens with one attached hydrogen (secondary N) is 1. The Kier molecular flexibility index (Phi) is 3.40. The van der Waals surface area contributed by atoms with Gasteiger partial charge in [0.15, 0.2) is 11.5 Å². The molecule has 0 saturated heterocycles. The second kappa shape index (κ2) is 5.20. The lowest BCUT2D eigenvalue weighted by Gasteiger charge is -2.35. The fourth-order valence-corrected chi connectivity index (χ4v) is 2.47. The van der Waals surface area contributed by atoms with Crippen LogP contribution in [0.15, 0.2) is 12.1 Å². The van der Waals surface area contributed by atoms with Gasteiger partial charge < -0.3 is 25.3 Å². The molecule has 1 aliphatic carbocycles. The van der Waals surface area contributed by atoms with Crippen molar-refractivity contribution in [2.24, 2.45) is 0 Å². The fourth-order valence-electron chi connectivity index (χ4n) is 2.47. The molecular formula is C14H18N2O4. The van der Waals surface area contributed by atoms with Crippen molar-refractivity contribution in [2.75, 3.05) is 19.1 Å². The minimum atomic E-state index is -0.180. The van der Waals surface area contributed by atoms with E-state index in [0.717, 1.165) is 12.8 Å². The third-order valence-corrected chi connectivity index (χ3v) is 3.62. The van der Waals surface area contributed by atoms with Crippen molar-refractivity contribution in [3.8, 4) is 11.5 Å². The van der Waals surface area contributed by atoms with Crippen LogP contribution in [0.4, 0.5) is 5.69 Å². The standard InChI is InChI=1S/C14H18N2O4/c1-2-18-9-3-8(4-9)16-14(17)10-5-12-13(6-11(10)15)20-7-19-12/h5-6,8-9H,2-4,7,15H2,1H3,(H,16,17). The molecule has 6 nitrogen and oxygen atoms in total. The highest BCUT2D eigenvalue weighted by Crippen LogP contribution is 2.36. The van der Waals surface area contributed by atoms with Crippen LogP contribution in [0.2, 0.25) is 0 Å². The summed E-state index contributed by atoms with van der Waals surface area (Å²) in [6, 6.07) is 3.41. The highest BCUT2D eigenvalue weighted by atomic mass is 16.7. The number of fused-ring (bicyclic) bond motifs is 1. The van der Waals surface area contributed by atoms with Crippen molar-refractivity contribution in [3.63, 3.8) is 0 Å². The lowest BCUT2D eigenvalue weighted by molar-refractivity contribution is -0.00862. The first-order chi connectivity index (χ1) is 9.67. The summed E-state index contributed by atoms with van der Waals surface area (Å²) in [4.78, 5) is 12.2. The van der Waals surface area contributed by atoms with Crippen LogP contribution in [0.25, 0.3) is 0 Å². The molecule has 1 aromatic carbocycles. The molecule has 108 valence electrons. The Bertz CT molecular complexity index is 526. The molecule has 1 saturated carbocycles. The molecule has 20 heavy (non-hydrogen) atoms. The van der Waals surface area contributed by atoms with Gasteiger partial charge in [-0.2, -0.15) is 0 Å². The fraction of sp³-hybridized carbons (Fsp3) is 0.500. The van der Waals surface area contributed by atoms with Gasteiger partial charge in [0, 0.05) is 24.4 Å². The van der Waals surface area contributed by atoms with Gasteiger partial charge in [0.05, 0.1) is 11.7 Å². The van der Waals surface area contributed by atoms with Crippen molar-refractivity contribution in [2.45, 2.75) is 31.9 Å². The first-order valence-corrected chi connectivity index (χ1v) is 6.79. The number of hydrogen-bond acceptors (Lipinski definition) is 5. The predicted molar refractivity (Wildman–Crippen MR) is 72.9 cm³/mol. The molecule has 0 unspecified atom stereocenters. The summed E-state index contributed by atoms with van der Waals surface area (Å²) >= 11 is 0. The number of carbonyl (C=O) groups excluding carboxylic acids is 1. The van der Waals surface area contributed by atoms with E-state index >= 15 is 0 Å². The number of anilines is 1. The maximum atomic E-state index is 12.2. The van der Waals surface area contributed by atoms with E-state index in [4.69, 9.17) is 19.9 Å². The van der Waals surface area contributed by atoms with Gasteiger partial charge in [-0.25, -0.2) is 0 Å². The summed E-state index contributed by atoms with van der Waals surface area (Å²) in [5.41, 5.74) is 6.70. The quantitative estimate of drug-likeness (QED) is 0.811. The normalized spacial score (nSPS) is 23.2. The van der Waals surface area contributed by atoms with E-state index in [-0.39, 0.29) is 24.8 Å². The molecule has 1 heterocycles. The van der Waals surface area contributed by atoms with Crippen LogP contribution in [0, 0.1) is 0 Å². The lowest BCUT2D eigenvalue weighted by atomic mass is 9.89. The molecule has 0 bridgehead atoms. The van der Waals surface area contributed by atoms with Gasteiger partial charge in [0.1, 0.15) is 0 Å². The van der Waals surface area contributed by atoms with E-state index in [2.05, 4.69) is 5.32 Å². The summed E-state index contributed by atoms with van der Waals surface area (Å²) in [7, 11) is 0. The van der Waals surface area contributed by atoms with Crippen LogP contribution < -0.4 is 20.5 Å². The molecule has 0 radical (unpaired) electrons. The Hall–Kier alpha value is -1.95. The molecule has 1 amide bonds. The van der Waals surface area contributed by atoms with Crippen molar-refractivity contribution in [1.82, 2.24) is 5.32 Å². The molecule has 1 fully saturated rings. The summed E-state index contributed by atoms with van der Waals surface area (Å²) < 4.78 is 15.9. The molecule has 1 aromatic rings. The third-order valence-electron chi connectivity index (χ3n) is 3.62. The number of benzene rings is 1. The third kappa shape index (κ3) is 2.38. The Balaban J connectivity index is 1.63. The Morgan fingerprint density at radius 1 is 1.40 bits per heavy atom. The highest BCUT2D eigenvalue weighted by Gasteiger charge is 2.31. The van der Waals surface area contributed by atoms with Crippen LogP contribution in [0.3, 0.4) is 0 Å². The van der Waals surface area contributed by atoms with Crippen LogP contribution in [-0.4, -0.2) is 31.5 Å². The van der Waals surface area contributed by atoms with E-state index in [1.807, 2.05) is 6.92 Å². The van der Waals surface area contributed by atoms with Crippen molar-refractivity contribution < 1.29 is 19.0 Å². The number of hydrogen-bond donors (Lipinski definition) is 2. The molecule has 0 atom stereocenters. The number of nitrogens with two attached hydrogens (primary N) is 1. The largest absolute Gasteiger partial charge is 0.454 e. The van der Waals surface area contributed by atoms with Gasteiger partial charge in [-0.1, -0.05) is 0 Å².